The molecule has 0 bridgehead atoms. The SMILES string of the molecule is CCCCn1/c(=C/C=C/C=C/C2=[N+](CCCC)c3cccc4cccc2c34)c2cccc3cccc1c32.FC(F)(F)C(F)(F)[P-](F)(F)(F)(C(F)(F)C(F)(F)F)C(F)(F)C(F)(F)F. The van der Waals surface area contributed by atoms with Crippen LogP contribution in [0.15, 0.2) is 97.1 Å². The van der Waals surface area contributed by atoms with Crippen LogP contribution in [0.1, 0.15) is 45.1 Å². The number of benzene rings is 4. The molecule has 5 aromatic rings. The van der Waals surface area contributed by atoms with Crippen molar-refractivity contribution in [3.8, 4) is 0 Å². The van der Waals surface area contributed by atoms with Crippen LogP contribution in [0.5, 0.6) is 0 Å². The minimum atomic E-state index is -15.0. The first-order valence-electron chi connectivity index (χ1n) is 18.6. The van der Waals surface area contributed by atoms with Crippen molar-refractivity contribution >= 4 is 56.8 Å². The van der Waals surface area contributed by atoms with Crippen molar-refractivity contribution in [1.29, 1.82) is 0 Å². The molecule has 4 aromatic carbocycles. The molecule has 0 spiro atoms. The number of allylic oxidation sites excluding steroid dienone is 4. The number of aryl methyl sites for hydroxylation is 1. The van der Waals surface area contributed by atoms with E-state index in [1.54, 1.807) is 0 Å². The topological polar surface area (TPSA) is 7.94 Å². The number of hydrogen-bond donors (Lipinski definition) is 0. The zero-order chi connectivity index (χ0) is 46.6. The Kier molecular flexibility index (Phi) is 12.1. The molecule has 0 radical (unpaired) electrons. The second-order valence-electron chi connectivity index (χ2n) is 14.5. The molecule has 21 heteroatoms. The van der Waals surface area contributed by atoms with Crippen molar-refractivity contribution in [3.63, 3.8) is 0 Å². The Morgan fingerprint density at radius 3 is 1.56 bits per heavy atom. The molecule has 6 rings (SSSR count). The molecule has 340 valence electrons. The summed E-state index contributed by atoms with van der Waals surface area (Å²) in [6, 6.07) is 26.7. The Bertz CT molecular complexity index is 2550. The van der Waals surface area contributed by atoms with Crippen molar-refractivity contribution < 1.29 is 83.0 Å². The Labute approximate surface area is 340 Å². The summed E-state index contributed by atoms with van der Waals surface area (Å²) < 4.78 is 227. The molecule has 0 atom stereocenters. The van der Waals surface area contributed by atoms with E-state index in [9.17, 15) is 78.4 Å². The molecule has 1 aromatic heterocycles. The van der Waals surface area contributed by atoms with Gasteiger partial charge in [-0.1, -0.05) is 99.5 Å². The molecule has 0 fully saturated rings. The fourth-order valence-corrected chi connectivity index (χ4v) is 9.92. The third kappa shape index (κ3) is 6.75. The maximum absolute atomic E-state index is 15.0. The second-order valence-corrected chi connectivity index (χ2v) is 18.7. The van der Waals surface area contributed by atoms with Crippen molar-refractivity contribution in [2.75, 3.05) is 6.54 Å². The van der Waals surface area contributed by atoms with Gasteiger partial charge in [-0.25, -0.2) is 0 Å². The number of halogens is 18. The van der Waals surface area contributed by atoms with Crippen LogP contribution in [0, 0.1) is 0 Å². The van der Waals surface area contributed by atoms with Crippen molar-refractivity contribution in [2.24, 2.45) is 0 Å². The van der Waals surface area contributed by atoms with Crippen LogP contribution >= 0.6 is 6.88 Å². The van der Waals surface area contributed by atoms with Crippen LogP contribution in [0.4, 0.5) is 84.1 Å². The number of unbranched alkanes of at least 4 members (excludes halogenated alkanes) is 2. The molecule has 2 heterocycles. The Morgan fingerprint density at radius 2 is 1.05 bits per heavy atom. The van der Waals surface area contributed by atoms with Gasteiger partial charge >= 0.3 is 121 Å². The Morgan fingerprint density at radius 1 is 0.565 bits per heavy atom. The summed E-state index contributed by atoms with van der Waals surface area (Å²) in [5.41, 5.74) is -23.9. The van der Waals surface area contributed by atoms with Crippen molar-refractivity contribution in [2.45, 2.75) is 81.6 Å². The van der Waals surface area contributed by atoms with Crippen molar-refractivity contribution in [1.82, 2.24) is 4.57 Å². The fourth-order valence-electron chi connectivity index (χ4n) is 7.24. The molecule has 0 N–H and O–H groups in total. The van der Waals surface area contributed by atoms with E-state index < -0.39 is 42.4 Å². The van der Waals surface area contributed by atoms with Gasteiger partial charge in [0.1, 0.15) is 6.54 Å². The Hall–Kier alpha value is -4.74. The van der Waals surface area contributed by atoms with Crippen LogP contribution in [0.2, 0.25) is 0 Å². The molecule has 1 aliphatic heterocycles. The number of rotatable bonds is 12. The molecule has 0 amide bonds. The molecular weight excluding hydrogens is 893 g/mol. The van der Waals surface area contributed by atoms with E-state index in [1.165, 1.54) is 80.4 Å². The van der Waals surface area contributed by atoms with Crippen LogP contribution in [-0.4, -0.2) is 56.9 Å². The van der Waals surface area contributed by atoms with E-state index in [0.29, 0.717) is 0 Å². The van der Waals surface area contributed by atoms with Gasteiger partial charge in [-0.05, 0) is 35.4 Å². The number of nitrogens with zero attached hydrogens (tertiary/aromatic N) is 2. The molecule has 0 saturated carbocycles. The quantitative estimate of drug-likeness (QED) is 0.0510. The molecule has 1 aliphatic rings. The van der Waals surface area contributed by atoms with Gasteiger partial charge in [-0.15, -0.1) is 0 Å². The van der Waals surface area contributed by atoms with E-state index in [2.05, 4.69) is 126 Å². The summed E-state index contributed by atoms with van der Waals surface area (Å²) in [7, 11) is 0. The zero-order valence-corrected chi connectivity index (χ0v) is 33.1. The number of hydrogen-bond acceptors (Lipinski definition) is 0. The first-order valence-corrected chi connectivity index (χ1v) is 20.9. The third-order valence-electron chi connectivity index (χ3n) is 10.5. The number of alkyl halides is 15. The predicted octanol–water partition coefficient (Wildman–Crippen LogP) is 15.5. The molecule has 0 unspecified atom stereocenters. The normalized spacial score (nSPS) is 16.3. The predicted molar refractivity (Wildman–Crippen MR) is 203 cm³/mol. The summed E-state index contributed by atoms with van der Waals surface area (Å²) >= 11 is 0. The van der Waals surface area contributed by atoms with Gasteiger partial charge in [0.15, 0.2) is 0 Å². The first-order chi connectivity index (χ1) is 28.4. The van der Waals surface area contributed by atoms with E-state index in [0.717, 1.165) is 13.1 Å². The van der Waals surface area contributed by atoms with Crippen LogP contribution in [-0.2, 0) is 6.54 Å². The van der Waals surface area contributed by atoms with Gasteiger partial charge in [0, 0.05) is 46.7 Å². The van der Waals surface area contributed by atoms with E-state index in [4.69, 9.17) is 0 Å². The zero-order valence-electron chi connectivity index (χ0n) is 32.2. The van der Waals surface area contributed by atoms with Gasteiger partial charge in [0.05, 0.1) is 10.9 Å². The van der Waals surface area contributed by atoms with Crippen LogP contribution < -0.4 is 5.35 Å². The molecular formula is C41H35F18N2P. The first kappa shape index (κ1) is 48.3. The molecule has 62 heavy (non-hydrogen) atoms. The van der Waals surface area contributed by atoms with Gasteiger partial charge in [-0.2, -0.15) is 4.58 Å². The van der Waals surface area contributed by atoms with E-state index in [-0.39, 0.29) is 0 Å². The summed E-state index contributed by atoms with van der Waals surface area (Å²) in [4.78, 5) is 0. The van der Waals surface area contributed by atoms with Crippen LogP contribution in [0.3, 0.4) is 0 Å². The standard InChI is InChI=1S/C35H35N2.C6F18P/c1-3-5-24-36-30(28-18-10-14-26-16-12-22-32(36)34(26)28)20-8-7-9-21-31-29-19-11-15-27-17-13-23-33(35(27)29)37(31)25-6-4-2;7-1(8,9)4(16,17)25(22,23,24,5(18,19)2(10,11)12)6(20,21)3(13,14)15/h7-23H,3-6,24-25H2,1-2H3;/q+1;-1. The van der Waals surface area contributed by atoms with Gasteiger partial charge in [-0.3, -0.25) is 0 Å². The summed E-state index contributed by atoms with van der Waals surface area (Å²) in [6.07, 6.45) is -10.2. The molecule has 0 aliphatic carbocycles. The number of aromatic nitrogens is 1. The third-order valence-corrected chi connectivity index (χ3v) is 14.9. The van der Waals surface area contributed by atoms with E-state index >= 15 is 0 Å². The molecule has 2 nitrogen and oxygen atoms in total. The van der Waals surface area contributed by atoms with E-state index in [1.807, 2.05) is 0 Å². The molecule has 0 saturated heterocycles. The minimum absolute atomic E-state index is 1.05. The second kappa shape index (κ2) is 15.5. The van der Waals surface area contributed by atoms with Crippen molar-refractivity contribution in [3.05, 3.63) is 108 Å². The average molecular weight is 929 g/mol. The van der Waals surface area contributed by atoms with Gasteiger partial charge in [0.2, 0.25) is 11.4 Å². The average Bonchev–Trinajstić information content (AvgIpc) is 3.64. The van der Waals surface area contributed by atoms with Gasteiger partial charge < -0.3 is 4.57 Å². The fraction of sp³-hybridized carbons (Fsp3) is 0.341. The van der Waals surface area contributed by atoms with Crippen LogP contribution in [0.25, 0.3) is 38.5 Å². The summed E-state index contributed by atoms with van der Waals surface area (Å²) in [5.74, 6) is 0. The van der Waals surface area contributed by atoms with Gasteiger partial charge in [0.25, 0.3) is 0 Å². The Balaban J connectivity index is 0.000000256. The summed E-state index contributed by atoms with van der Waals surface area (Å²) in [5, 5.41) is 8.06. The monoisotopic (exact) mass is 928 g/mol. The maximum atomic E-state index is 13.4. The summed E-state index contributed by atoms with van der Waals surface area (Å²) in [6.45, 7) is -8.38.